The molecule has 1 aliphatic rings. The van der Waals surface area contributed by atoms with Gasteiger partial charge in [-0.05, 0) is 31.4 Å². The second-order valence-electron chi connectivity index (χ2n) is 4.63. The minimum atomic E-state index is -0.0118. The number of hydrogen-bond acceptors (Lipinski definition) is 3. The van der Waals surface area contributed by atoms with Crippen molar-refractivity contribution in [3.63, 3.8) is 0 Å². The first kappa shape index (κ1) is 13.1. The first-order chi connectivity index (χ1) is 8.75. The van der Waals surface area contributed by atoms with E-state index in [1.807, 2.05) is 31.2 Å². The van der Waals surface area contributed by atoms with Crippen molar-refractivity contribution in [3.8, 4) is 0 Å². The molecule has 2 rings (SSSR count). The molecule has 0 spiro atoms. The van der Waals surface area contributed by atoms with Gasteiger partial charge in [-0.25, -0.2) is 0 Å². The van der Waals surface area contributed by atoms with Crippen LogP contribution >= 0.6 is 0 Å². The first-order valence-electron chi connectivity index (χ1n) is 6.43. The molecule has 1 heterocycles. The number of benzene rings is 1. The van der Waals surface area contributed by atoms with Gasteiger partial charge in [0, 0.05) is 18.8 Å². The number of aryl methyl sites for hydroxylation is 1. The highest BCUT2D eigenvalue weighted by Crippen LogP contribution is 2.13. The van der Waals surface area contributed by atoms with Gasteiger partial charge in [-0.3, -0.25) is 4.79 Å². The molecule has 98 valence electrons. The van der Waals surface area contributed by atoms with E-state index in [9.17, 15) is 4.79 Å². The standard InChI is InChI=1S/C14H20N2O2/c1-11-5-2-3-7-13(11)16-14(17)10-15-9-12-6-4-8-18-12/h2-3,5,7,12,15H,4,6,8-10H2,1H3,(H,16,17). The quantitative estimate of drug-likeness (QED) is 0.834. The van der Waals surface area contributed by atoms with Crippen LogP contribution in [0.25, 0.3) is 0 Å². The van der Waals surface area contributed by atoms with Crippen LogP contribution in [0.5, 0.6) is 0 Å². The summed E-state index contributed by atoms with van der Waals surface area (Å²) in [7, 11) is 0. The lowest BCUT2D eigenvalue weighted by atomic mass is 10.2. The van der Waals surface area contributed by atoms with Crippen LogP contribution in [0.4, 0.5) is 5.69 Å². The predicted molar refractivity (Wildman–Crippen MR) is 71.7 cm³/mol. The van der Waals surface area contributed by atoms with Gasteiger partial charge in [-0.2, -0.15) is 0 Å². The first-order valence-corrected chi connectivity index (χ1v) is 6.43. The molecular weight excluding hydrogens is 228 g/mol. The molecule has 2 N–H and O–H groups in total. The molecule has 0 radical (unpaired) electrons. The van der Waals surface area contributed by atoms with E-state index in [1.54, 1.807) is 0 Å². The van der Waals surface area contributed by atoms with Crippen molar-refractivity contribution in [1.29, 1.82) is 0 Å². The molecular formula is C14H20N2O2. The molecule has 0 bridgehead atoms. The monoisotopic (exact) mass is 248 g/mol. The van der Waals surface area contributed by atoms with Gasteiger partial charge >= 0.3 is 0 Å². The summed E-state index contributed by atoms with van der Waals surface area (Å²) >= 11 is 0. The van der Waals surface area contributed by atoms with Gasteiger partial charge in [-0.15, -0.1) is 0 Å². The molecule has 1 unspecified atom stereocenters. The smallest absolute Gasteiger partial charge is 0.238 e. The minimum Gasteiger partial charge on any atom is -0.377 e. The maximum Gasteiger partial charge on any atom is 0.238 e. The summed E-state index contributed by atoms with van der Waals surface area (Å²) in [5.41, 5.74) is 1.95. The Morgan fingerprint density at radius 1 is 1.44 bits per heavy atom. The Labute approximate surface area is 108 Å². The summed E-state index contributed by atoms with van der Waals surface area (Å²) in [4.78, 5) is 11.7. The molecule has 4 nitrogen and oxygen atoms in total. The number of para-hydroxylation sites is 1. The fourth-order valence-corrected chi connectivity index (χ4v) is 2.06. The van der Waals surface area contributed by atoms with E-state index in [1.165, 1.54) is 0 Å². The summed E-state index contributed by atoms with van der Waals surface area (Å²) in [5, 5.41) is 6.02. The number of carbonyl (C=O) groups excluding carboxylic acids is 1. The molecule has 1 aliphatic heterocycles. The van der Waals surface area contributed by atoms with Crippen molar-refractivity contribution in [2.45, 2.75) is 25.9 Å². The molecule has 0 aromatic heterocycles. The number of anilines is 1. The Kier molecular flexibility index (Phi) is 4.73. The topological polar surface area (TPSA) is 50.4 Å². The third-order valence-corrected chi connectivity index (χ3v) is 3.10. The van der Waals surface area contributed by atoms with E-state index in [4.69, 9.17) is 4.74 Å². The zero-order valence-electron chi connectivity index (χ0n) is 10.7. The Hall–Kier alpha value is -1.39. The lowest BCUT2D eigenvalue weighted by Gasteiger charge is -2.11. The summed E-state index contributed by atoms with van der Waals surface area (Å²) in [6.45, 7) is 3.91. The molecule has 1 fully saturated rings. The van der Waals surface area contributed by atoms with Gasteiger partial charge in [-0.1, -0.05) is 18.2 Å². The molecule has 1 aromatic rings. The van der Waals surface area contributed by atoms with E-state index < -0.39 is 0 Å². The van der Waals surface area contributed by atoms with Crippen LogP contribution in [0.2, 0.25) is 0 Å². The molecule has 1 amide bonds. The highest BCUT2D eigenvalue weighted by atomic mass is 16.5. The number of nitrogens with one attached hydrogen (secondary N) is 2. The van der Waals surface area contributed by atoms with Crippen molar-refractivity contribution in [2.75, 3.05) is 25.0 Å². The van der Waals surface area contributed by atoms with Crippen LogP contribution in [-0.4, -0.2) is 31.7 Å². The maximum atomic E-state index is 11.7. The van der Waals surface area contributed by atoms with Crippen molar-refractivity contribution in [1.82, 2.24) is 5.32 Å². The van der Waals surface area contributed by atoms with Gasteiger partial charge < -0.3 is 15.4 Å². The molecule has 4 heteroatoms. The van der Waals surface area contributed by atoms with Crippen LogP contribution < -0.4 is 10.6 Å². The highest BCUT2D eigenvalue weighted by Gasteiger charge is 2.15. The Morgan fingerprint density at radius 3 is 3.00 bits per heavy atom. The van der Waals surface area contributed by atoms with Gasteiger partial charge in [0.05, 0.1) is 12.6 Å². The van der Waals surface area contributed by atoms with Crippen LogP contribution in [0.1, 0.15) is 18.4 Å². The van der Waals surface area contributed by atoms with E-state index in [-0.39, 0.29) is 12.0 Å². The summed E-state index contributed by atoms with van der Waals surface area (Å²) in [6, 6.07) is 7.77. The van der Waals surface area contributed by atoms with Gasteiger partial charge in [0.25, 0.3) is 0 Å². The van der Waals surface area contributed by atoms with E-state index >= 15 is 0 Å². The lowest BCUT2D eigenvalue weighted by molar-refractivity contribution is -0.115. The third-order valence-electron chi connectivity index (χ3n) is 3.10. The molecule has 1 saturated heterocycles. The number of rotatable bonds is 5. The largest absolute Gasteiger partial charge is 0.377 e. The van der Waals surface area contributed by atoms with E-state index in [0.717, 1.165) is 37.2 Å². The maximum absolute atomic E-state index is 11.7. The summed E-state index contributed by atoms with van der Waals surface area (Å²) in [6.07, 6.45) is 2.49. The van der Waals surface area contributed by atoms with Crippen molar-refractivity contribution < 1.29 is 9.53 Å². The number of amides is 1. The fraction of sp³-hybridized carbons (Fsp3) is 0.500. The minimum absolute atomic E-state index is 0.0118. The second-order valence-corrected chi connectivity index (χ2v) is 4.63. The Bertz CT molecular complexity index is 401. The van der Waals surface area contributed by atoms with Crippen molar-refractivity contribution in [2.24, 2.45) is 0 Å². The zero-order chi connectivity index (χ0) is 12.8. The third kappa shape index (κ3) is 3.82. The Morgan fingerprint density at radius 2 is 2.28 bits per heavy atom. The average Bonchev–Trinajstić information content (AvgIpc) is 2.85. The Balaban J connectivity index is 1.70. The van der Waals surface area contributed by atoms with Gasteiger partial charge in [0.2, 0.25) is 5.91 Å². The number of carbonyl (C=O) groups is 1. The van der Waals surface area contributed by atoms with E-state index in [2.05, 4.69) is 10.6 Å². The number of ether oxygens (including phenoxy) is 1. The molecule has 18 heavy (non-hydrogen) atoms. The molecule has 0 aliphatic carbocycles. The fourth-order valence-electron chi connectivity index (χ4n) is 2.06. The molecule has 1 aromatic carbocycles. The van der Waals surface area contributed by atoms with Crippen LogP contribution in [-0.2, 0) is 9.53 Å². The SMILES string of the molecule is Cc1ccccc1NC(=O)CNCC1CCCO1. The summed E-state index contributed by atoms with van der Waals surface area (Å²) in [5.74, 6) is -0.0118. The highest BCUT2D eigenvalue weighted by molar-refractivity contribution is 5.92. The van der Waals surface area contributed by atoms with Crippen molar-refractivity contribution >= 4 is 11.6 Å². The van der Waals surface area contributed by atoms with Crippen LogP contribution in [0.15, 0.2) is 24.3 Å². The predicted octanol–water partition coefficient (Wildman–Crippen LogP) is 1.70. The van der Waals surface area contributed by atoms with Crippen LogP contribution in [0, 0.1) is 6.92 Å². The molecule has 0 saturated carbocycles. The van der Waals surface area contributed by atoms with Crippen LogP contribution in [0.3, 0.4) is 0 Å². The normalized spacial score (nSPS) is 18.8. The zero-order valence-corrected chi connectivity index (χ0v) is 10.7. The van der Waals surface area contributed by atoms with Gasteiger partial charge in [0.1, 0.15) is 0 Å². The van der Waals surface area contributed by atoms with E-state index in [0.29, 0.717) is 6.54 Å². The van der Waals surface area contributed by atoms with Crippen molar-refractivity contribution in [3.05, 3.63) is 29.8 Å². The average molecular weight is 248 g/mol. The lowest BCUT2D eigenvalue weighted by Crippen LogP contribution is -2.33. The second kappa shape index (κ2) is 6.52. The van der Waals surface area contributed by atoms with Gasteiger partial charge in [0.15, 0.2) is 0 Å². The summed E-state index contributed by atoms with van der Waals surface area (Å²) < 4.78 is 5.48. The molecule has 1 atom stereocenters. The number of hydrogen-bond donors (Lipinski definition) is 2.